The van der Waals surface area contributed by atoms with Crippen LogP contribution >= 0.6 is 0 Å². The molecule has 0 aromatic carbocycles. The highest BCUT2D eigenvalue weighted by atomic mass is 16.5. The van der Waals surface area contributed by atoms with E-state index in [9.17, 15) is 4.79 Å². The van der Waals surface area contributed by atoms with Gasteiger partial charge >= 0.3 is 5.97 Å². The average molecular weight is 223 g/mol. The zero-order valence-corrected chi connectivity index (χ0v) is 9.69. The Morgan fingerprint density at radius 3 is 3.25 bits per heavy atom. The van der Waals surface area contributed by atoms with Gasteiger partial charge in [-0.15, -0.1) is 0 Å². The van der Waals surface area contributed by atoms with E-state index in [4.69, 9.17) is 4.74 Å². The highest BCUT2D eigenvalue weighted by Gasteiger charge is 2.27. The van der Waals surface area contributed by atoms with Gasteiger partial charge in [0.2, 0.25) is 0 Å². The molecule has 1 aliphatic rings. The molecule has 2 rings (SSSR count). The van der Waals surface area contributed by atoms with Crippen molar-refractivity contribution in [2.45, 2.75) is 38.9 Å². The van der Waals surface area contributed by atoms with Crippen LogP contribution in [0.2, 0.25) is 0 Å². The quantitative estimate of drug-likeness (QED) is 0.757. The van der Waals surface area contributed by atoms with Crippen molar-refractivity contribution in [3.63, 3.8) is 0 Å². The fourth-order valence-electron chi connectivity index (χ4n) is 2.05. The highest BCUT2D eigenvalue weighted by Crippen LogP contribution is 2.16. The van der Waals surface area contributed by atoms with Crippen molar-refractivity contribution in [2.24, 2.45) is 0 Å². The van der Waals surface area contributed by atoms with E-state index in [-0.39, 0.29) is 12.0 Å². The van der Waals surface area contributed by atoms with Gasteiger partial charge in [0.25, 0.3) is 0 Å². The Kier molecular flexibility index (Phi) is 3.24. The molecule has 0 bridgehead atoms. The van der Waals surface area contributed by atoms with Crippen molar-refractivity contribution < 1.29 is 9.53 Å². The van der Waals surface area contributed by atoms with Gasteiger partial charge in [-0.05, 0) is 6.42 Å². The SMILES string of the molecule is CCCn1cnc2c1CNC(C(=O)OC)C2. The molecular formula is C11H17N3O2. The molecule has 0 radical (unpaired) electrons. The fraction of sp³-hybridized carbons (Fsp3) is 0.636. The summed E-state index contributed by atoms with van der Waals surface area (Å²) in [7, 11) is 1.41. The average Bonchev–Trinajstić information content (AvgIpc) is 2.71. The van der Waals surface area contributed by atoms with Crippen LogP contribution in [0.4, 0.5) is 0 Å². The van der Waals surface area contributed by atoms with Gasteiger partial charge < -0.3 is 9.30 Å². The van der Waals surface area contributed by atoms with Gasteiger partial charge in [0.05, 0.1) is 24.8 Å². The maximum absolute atomic E-state index is 11.4. The number of esters is 1. The van der Waals surface area contributed by atoms with E-state index in [1.807, 2.05) is 6.33 Å². The fourth-order valence-corrected chi connectivity index (χ4v) is 2.05. The number of nitrogens with one attached hydrogen (secondary N) is 1. The van der Waals surface area contributed by atoms with Gasteiger partial charge in [0, 0.05) is 19.5 Å². The number of imidazole rings is 1. The van der Waals surface area contributed by atoms with Crippen molar-refractivity contribution in [3.8, 4) is 0 Å². The number of ether oxygens (including phenoxy) is 1. The van der Waals surface area contributed by atoms with Crippen molar-refractivity contribution in [3.05, 3.63) is 17.7 Å². The van der Waals surface area contributed by atoms with Crippen LogP contribution in [0.3, 0.4) is 0 Å². The van der Waals surface area contributed by atoms with Crippen molar-refractivity contribution in [1.29, 1.82) is 0 Å². The van der Waals surface area contributed by atoms with Crippen LogP contribution in [0.5, 0.6) is 0 Å². The molecule has 88 valence electrons. The third kappa shape index (κ3) is 1.95. The smallest absolute Gasteiger partial charge is 0.323 e. The second-order valence-corrected chi connectivity index (χ2v) is 3.99. The third-order valence-electron chi connectivity index (χ3n) is 2.90. The monoisotopic (exact) mass is 223 g/mol. The van der Waals surface area contributed by atoms with Gasteiger partial charge in [-0.1, -0.05) is 6.92 Å². The minimum Gasteiger partial charge on any atom is -0.468 e. The molecule has 1 unspecified atom stereocenters. The Morgan fingerprint density at radius 1 is 1.75 bits per heavy atom. The van der Waals surface area contributed by atoms with Crippen LogP contribution in [0.15, 0.2) is 6.33 Å². The summed E-state index contributed by atoms with van der Waals surface area (Å²) >= 11 is 0. The Balaban J connectivity index is 2.13. The standard InChI is InChI=1S/C11H17N3O2/c1-3-4-14-7-13-8-5-9(11(15)16-2)12-6-10(8)14/h7,9,12H,3-6H2,1-2H3. The molecule has 1 aromatic heterocycles. The van der Waals surface area contributed by atoms with Crippen LogP contribution < -0.4 is 5.32 Å². The lowest BCUT2D eigenvalue weighted by Gasteiger charge is -2.22. The lowest BCUT2D eigenvalue weighted by molar-refractivity contribution is -0.143. The number of nitrogens with zero attached hydrogens (tertiary/aromatic N) is 2. The molecule has 0 amide bonds. The van der Waals surface area contributed by atoms with E-state index in [1.54, 1.807) is 0 Å². The van der Waals surface area contributed by atoms with Crippen LogP contribution in [-0.2, 0) is 29.0 Å². The highest BCUT2D eigenvalue weighted by molar-refractivity contribution is 5.76. The molecule has 0 saturated heterocycles. The molecular weight excluding hydrogens is 206 g/mol. The van der Waals surface area contributed by atoms with Gasteiger partial charge in [-0.2, -0.15) is 0 Å². The molecule has 0 spiro atoms. The topological polar surface area (TPSA) is 56.2 Å². The van der Waals surface area contributed by atoms with Crippen LogP contribution in [0, 0.1) is 0 Å². The normalized spacial score (nSPS) is 19.2. The lowest BCUT2D eigenvalue weighted by atomic mass is 10.1. The molecule has 2 heterocycles. The number of carbonyl (C=O) groups excluding carboxylic acids is 1. The summed E-state index contributed by atoms with van der Waals surface area (Å²) in [6.45, 7) is 3.81. The number of rotatable bonds is 3. The first-order valence-electron chi connectivity index (χ1n) is 5.60. The predicted molar refractivity (Wildman–Crippen MR) is 58.9 cm³/mol. The van der Waals surface area contributed by atoms with Gasteiger partial charge in [-0.3, -0.25) is 10.1 Å². The third-order valence-corrected chi connectivity index (χ3v) is 2.90. The largest absolute Gasteiger partial charge is 0.468 e. The number of aromatic nitrogens is 2. The Hall–Kier alpha value is -1.36. The van der Waals surface area contributed by atoms with Gasteiger partial charge in [-0.25, -0.2) is 4.98 Å². The number of hydrogen-bond acceptors (Lipinski definition) is 4. The Morgan fingerprint density at radius 2 is 2.56 bits per heavy atom. The molecule has 5 heteroatoms. The van der Waals surface area contributed by atoms with E-state index in [0.29, 0.717) is 13.0 Å². The summed E-state index contributed by atoms with van der Waals surface area (Å²) in [5.41, 5.74) is 2.21. The van der Waals surface area contributed by atoms with Gasteiger partial charge in [0.15, 0.2) is 0 Å². The Bertz CT molecular complexity index is 387. The molecule has 1 N–H and O–H groups in total. The van der Waals surface area contributed by atoms with Crippen LogP contribution in [0.25, 0.3) is 0 Å². The second kappa shape index (κ2) is 4.65. The summed E-state index contributed by atoms with van der Waals surface area (Å²) in [6, 6.07) is -0.248. The van der Waals surface area contributed by atoms with E-state index < -0.39 is 0 Å². The van der Waals surface area contributed by atoms with Gasteiger partial charge in [0.1, 0.15) is 6.04 Å². The van der Waals surface area contributed by atoms with E-state index in [2.05, 4.69) is 21.8 Å². The van der Waals surface area contributed by atoms with E-state index in [1.165, 1.54) is 12.8 Å². The number of carbonyl (C=O) groups is 1. The maximum atomic E-state index is 11.4. The molecule has 0 fully saturated rings. The first kappa shape index (κ1) is 11.1. The minimum atomic E-state index is -0.248. The zero-order chi connectivity index (χ0) is 11.5. The zero-order valence-electron chi connectivity index (χ0n) is 9.69. The molecule has 16 heavy (non-hydrogen) atoms. The van der Waals surface area contributed by atoms with Crippen molar-refractivity contribution in [2.75, 3.05) is 7.11 Å². The first-order chi connectivity index (χ1) is 7.76. The van der Waals surface area contributed by atoms with E-state index >= 15 is 0 Å². The lowest BCUT2D eigenvalue weighted by Crippen LogP contribution is -2.42. The number of aryl methyl sites for hydroxylation is 1. The number of hydrogen-bond donors (Lipinski definition) is 1. The molecule has 5 nitrogen and oxygen atoms in total. The summed E-state index contributed by atoms with van der Waals surface area (Å²) in [5.74, 6) is -0.212. The summed E-state index contributed by atoms with van der Waals surface area (Å²) in [4.78, 5) is 15.7. The molecule has 1 atom stereocenters. The number of methoxy groups -OCH3 is 1. The van der Waals surface area contributed by atoms with Crippen LogP contribution in [0.1, 0.15) is 24.7 Å². The van der Waals surface area contributed by atoms with E-state index in [0.717, 1.165) is 18.7 Å². The molecule has 0 aliphatic carbocycles. The molecule has 0 saturated carbocycles. The molecule has 1 aliphatic heterocycles. The Labute approximate surface area is 94.8 Å². The first-order valence-corrected chi connectivity index (χ1v) is 5.60. The molecule has 1 aromatic rings. The van der Waals surface area contributed by atoms with Crippen LogP contribution in [-0.4, -0.2) is 28.7 Å². The number of fused-ring (bicyclic) bond motifs is 1. The van der Waals surface area contributed by atoms with Crippen molar-refractivity contribution in [1.82, 2.24) is 14.9 Å². The maximum Gasteiger partial charge on any atom is 0.323 e. The predicted octanol–water partition coefficient (Wildman–Crippen LogP) is 0.480. The van der Waals surface area contributed by atoms with Crippen molar-refractivity contribution >= 4 is 5.97 Å². The minimum absolute atomic E-state index is 0.212. The second-order valence-electron chi connectivity index (χ2n) is 3.99. The summed E-state index contributed by atoms with van der Waals surface area (Å²) in [6.07, 6.45) is 3.57. The summed E-state index contributed by atoms with van der Waals surface area (Å²) < 4.78 is 6.87. The summed E-state index contributed by atoms with van der Waals surface area (Å²) in [5, 5.41) is 3.18.